The number of alkyl halides is 1. The first kappa shape index (κ1) is 12.4. The molecule has 3 heteroatoms. The molecule has 1 unspecified atom stereocenters. The number of hydrogen-bond donors (Lipinski definition) is 0. The second kappa shape index (κ2) is 4.90. The van der Waals surface area contributed by atoms with Gasteiger partial charge in [0.1, 0.15) is 5.75 Å². The van der Waals surface area contributed by atoms with Crippen LogP contribution in [0.1, 0.15) is 32.6 Å². The second-order valence-corrected chi connectivity index (χ2v) is 6.26. The fraction of sp³-hybridized carbons (Fsp3) is 0.294. The highest BCUT2D eigenvalue weighted by molar-refractivity contribution is 9.09. The van der Waals surface area contributed by atoms with E-state index in [1.165, 1.54) is 27.8 Å². The zero-order valence-corrected chi connectivity index (χ0v) is 12.7. The highest BCUT2D eigenvalue weighted by Gasteiger charge is 2.18. The van der Waals surface area contributed by atoms with Gasteiger partial charge in [-0.15, -0.1) is 0 Å². The first-order valence-corrected chi connectivity index (χ1v) is 7.82. The molecule has 4 rings (SSSR count). The van der Waals surface area contributed by atoms with E-state index in [-0.39, 0.29) is 4.83 Å². The predicted molar refractivity (Wildman–Crippen MR) is 81.3 cm³/mol. The Bertz CT molecular complexity index is 609. The Balaban J connectivity index is 1.68. The maximum atomic E-state index is 5.57. The summed E-state index contributed by atoms with van der Waals surface area (Å²) in [5, 5.41) is 0. The Labute approximate surface area is 126 Å². The molecule has 0 radical (unpaired) electrons. The van der Waals surface area contributed by atoms with Gasteiger partial charge in [-0.1, -0.05) is 46.3 Å². The van der Waals surface area contributed by atoms with Crippen molar-refractivity contribution in [3.63, 3.8) is 0 Å². The van der Waals surface area contributed by atoms with Gasteiger partial charge in [0.05, 0.1) is 24.6 Å². The summed E-state index contributed by atoms with van der Waals surface area (Å²) in [6.07, 6.45) is 1.01. The molecule has 0 spiro atoms. The van der Waals surface area contributed by atoms with Gasteiger partial charge in [0.25, 0.3) is 0 Å². The second-order valence-electron chi connectivity index (χ2n) is 5.35. The molecule has 0 aromatic heterocycles. The normalized spacial score (nSPS) is 17.4. The summed E-state index contributed by atoms with van der Waals surface area (Å²) in [4.78, 5) is 0.222. The molecule has 2 aromatic carbocycles. The van der Waals surface area contributed by atoms with Crippen LogP contribution in [0.25, 0.3) is 0 Å². The van der Waals surface area contributed by atoms with Crippen LogP contribution in [0.4, 0.5) is 0 Å². The number of ether oxygens (including phenoxy) is 2. The molecule has 0 fully saturated rings. The number of hydrogen-bond acceptors (Lipinski definition) is 2. The van der Waals surface area contributed by atoms with Crippen LogP contribution in [0.2, 0.25) is 0 Å². The van der Waals surface area contributed by atoms with E-state index in [2.05, 4.69) is 52.3 Å². The van der Waals surface area contributed by atoms with Gasteiger partial charge >= 0.3 is 0 Å². The lowest BCUT2D eigenvalue weighted by Crippen LogP contribution is -1.95. The van der Waals surface area contributed by atoms with Crippen LogP contribution in [-0.2, 0) is 24.4 Å². The van der Waals surface area contributed by atoms with Crippen molar-refractivity contribution in [1.82, 2.24) is 0 Å². The van der Waals surface area contributed by atoms with Gasteiger partial charge < -0.3 is 9.47 Å². The minimum atomic E-state index is 0.222. The van der Waals surface area contributed by atoms with Gasteiger partial charge in [0.15, 0.2) is 0 Å². The van der Waals surface area contributed by atoms with E-state index < -0.39 is 0 Å². The van der Waals surface area contributed by atoms with Crippen LogP contribution < -0.4 is 4.74 Å². The topological polar surface area (TPSA) is 18.5 Å². The molecule has 0 amide bonds. The van der Waals surface area contributed by atoms with Gasteiger partial charge in [-0.3, -0.25) is 0 Å². The first-order chi connectivity index (χ1) is 9.81. The molecule has 0 bridgehead atoms. The zero-order valence-electron chi connectivity index (χ0n) is 11.1. The largest absolute Gasteiger partial charge is 0.493 e. The van der Waals surface area contributed by atoms with Crippen molar-refractivity contribution in [2.45, 2.75) is 24.5 Å². The summed E-state index contributed by atoms with van der Waals surface area (Å²) in [7, 11) is 0. The van der Waals surface area contributed by atoms with Crippen molar-refractivity contribution < 1.29 is 9.47 Å². The third-order valence-electron chi connectivity index (χ3n) is 4.04. The zero-order chi connectivity index (χ0) is 13.5. The van der Waals surface area contributed by atoms with Crippen molar-refractivity contribution >= 4 is 15.9 Å². The third kappa shape index (κ3) is 2.05. The Hall–Kier alpha value is -1.32. The van der Waals surface area contributed by atoms with E-state index in [0.29, 0.717) is 0 Å². The minimum Gasteiger partial charge on any atom is -0.493 e. The summed E-state index contributed by atoms with van der Waals surface area (Å²) in [6.45, 7) is 2.29. The molecule has 2 aliphatic heterocycles. The molecule has 2 heterocycles. The lowest BCUT2D eigenvalue weighted by atomic mass is 9.99. The SMILES string of the molecule is BrC(c1ccc2c(c1)COC2)c1ccc2c(c1)CCO2. The van der Waals surface area contributed by atoms with Gasteiger partial charge in [-0.2, -0.15) is 0 Å². The van der Waals surface area contributed by atoms with E-state index in [9.17, 15) is 0 Å². The lowest BCUT2D eigenvalue weighted by molar-refractivity contribution is 0.134. The van der Waals surface area contributed by atoms with Gasteiger partial charge in [-0.25, -0.2) is 0 Å². The van der Waals surface area contributed by atoms with Crippen molar-refractivity contribution in [1.29, 1.82) is 0 Å². The van der Waals surface area contributed by atoms with E-state index in [4.69, 9.17) is 9.47 Å². The summed E-state index contributed by atoms with van der Waals surface area (Å²) in [5.41, 5.74) is 6.52. The molecule has 2 aliphatic rings. The summed E-state index contributed by atoms with van der Waals surface area (Å²) >= 11 is 3.83. The molecule has 0 saturated heterocycles. The average Bonchev–Trinajstić information content (AvgIpc) is 3.13. The van der Waals surface area contributed by atoms with Crippen LogP contribution in [-0.4, -0.2) is 6.61 Å². The Morgan fingerprint density at radius 2 is 1.65 bits per heavy atom. The van der Waals surface area contributed by atoms with Crippen molar-refractivity contribution in [3.8, 4) is 5.75 Å². The van der Waals surface area contributed by atoms with Crippen LogP contribution in [0.15, 0.2) is 36.4 Å². The lowest BCUT2D eigenvalue weighted by Gasteiger charge is -2.13. The molecule has 0 saturated carbocycles. The standard InChI is InChI=1S/C17H15BrO2/c18-17(12-1-2-14-9-19-10-15(14)8-12)13-3-4-16-11(7-13)5-6-20-16/h1-4,7-8,17H,5-6,9-10H2. The molecule has 1 atom stereocenters. The maximum absolute atomic E-state index is 5.57. The fourth-order valence-corrected chi connectivity index (χ4v) is 3.48. The first-order valence-electron chi connectivity index (χ1n) is 6.90. The molecular weight excluding hydrogens is 316 g/mol. The number of rotatable bonds is 2. The number of benzene rings is 2. The van der Waals surface area contributed by atoms with Crippen LogP contribution in [0.3, 0.4) is 0 Å². The maximum Gasteiger partial charge on any atom is 0.122 e. The third-order valence-corrected chi connectivity index (χ3v) is 5.10. The van der Waals surface area contributed by atoms with Crippen LogP contribution in [0.5, 0.6) is 5.75 Å². The highest BCUT2D eigenvalue weighted by atomic mass is 79.9. The highest BCUT2D eigenvalue weighted by Crippen LogP contribution is 2.36. The van der Waals surface area contributed by atoms with E-state index >= 15 is 0 Å². The smallest absolute Gasteiger partial charge is 0.122 e. The van der Waals surface area contributed by atoms with Crippen molar-refractivity contribution in [2.24, 2.45) is 0 Å². The molecule has 2 aromatic rings. The van der Waals surface area contributed by atoms with Crippen molar-refractivity contribution in [2.75, 3.05) is 6.61 Å². The minimum absolute atomic E-state index is 0.222. The molecule has 0 aliphatic carbocycles. The summed E-state index contributed by atoms with van der Waals surface area (Å²) in [6, 6.07) is 13.1. The van der Waals surface area contributed by atoms with E-state index in [0.717, 1.165) is 32.0 Å². The van der Waals surface area contributed by atoms with Gasteiger partial charge in [0.2, 0.25) is 0 Å². The van der Waals surface area contributed by atoms with Gasteiger partial charge in [0, 0.05) is 6.42 Å². The Morgan fingerprint density at radius 1 is 0.900 bits per heavy atom. The van der Waals surface area contributed by atoms with Crippen LogP contribution >= 0.6 is 15.9 Å². The Morgan fingerprint density at radius 3 is 2.55 bits per heavy atom. The molecule has 2 nitrogen and oxygen atoms in total. The van der Waals surface area contributed by atoms with E-state index in [1.54, 1.807) is 0 Å². The summed E-state index contributed by atoms with van der Waals surface area (Å²) < 4.78 is 11.1. The predicted octanol–water partition coefficient (Wildman–Crippen LogP) is 4.14. The molecule has 102 valence electrons. The monoisotopic (exact) mass is 330 g/mol. The molecule has 0 N–H and O–H groups in total. The van der Waals surface area contributed by atoms with E-state index in [1.807, 2.05) is 0 Å². The summed E-state index contributed by atoms with van der Waals surface area (Å²) in [5.74, 6) is 1.04. The quantitative estimate of drug-likeness (QED) is 0.770. The molecular formula is C17H15BrO2. The molecule has 20 heavy (non-hydrogen) atoms. The van der Waals surface area contributed by atoms with Crippen molar-refractivity contribution in [3.05, 3.63) is 64.2 Å². The average molecular weight is 331 g/mol. The fourth-order valence-electron chi connectivity index (χ4n) is 2.91. The van der Waals surface area contributed by atoms with Gasteiger partial charge in [-0.05, 0) is 33.9 Å². The van der Waals surface area contributed by atoms with Crippen LogP contribution in [0, 0.1) is 0 Å². The number of fused-ring (bicyclic) bond motifs is 2. The number of halogens is 1. The Kier molecular flexibility index (Phi) is 3.04.